The smallest absolute Gasteiger partial charge is 0.250 e. The lowest BCUT2D eigenvalue weighted by molar-refractivity contribution is -0.116. The summed E-state index contributed by atoms with van der Waals surface area (Å²) >= 11 is 0. The van der Waals surface area contributed by atoms with Crippen LogP contribution in [0.25, 0.3) is 0 Å². The summed E-state index contributed by atoms with van der Waals surface area (Å²) in [7, 11) is 0. The molecule has 0 saturated heterocycles. The number of nitrogens with two attached hydrogens (primary N) is 2. The molecule has 0 aliphatic carbocycles. The van der Waals surface area contributed by atoms with Gasteiger partial charge in [0.05, 0.1) is 11.3 Å². The number of primary amides is 1. The lowest BCUT2D eigenvalue weighted by atomic mass is 10.1. The molecule has 0 heterocycles. The molecule has 0 spiro atoms. The molecule has 0 aromatic heterocycles. The molecule has 5 nitrogen and oxygen atoms in total. The van der Waals surface area contributed by atoms with Crippen molar-refractivity contribution in [2.75, 3.05) is 11.9 Å². The zero-order chi connectivity index (χ0) is 12.0. The van der Waals surface area contributed by atoms with Crippen LogP contribution in [0.3, 0.4) is 0 Å². The van der Waals surface area contributed by atoms with Crippen LogP contribution in [0.2, 0.25) is 0 Å². The van der Waals surface area contributed by atoms with Gasteiger partial charge in [0.25, 0.3) is 5.91 Å². The monoisotopic (exact) mass is 221 g/mol. The molecule has 5 heteroatoms. The molecule has 1 rings (SSSR count). The van der Waals surface area contributed by atoms with E-state index in [2.05, 4.69) is 5.32 Å². The molecule has 0 fully saturated rings. The van der Waals surface area contributed by atoms with E-state index in [9.17, 15) is 9.59 Å². The number of hydrogen-bond donors (Lipinski definition) is 3. The maximum atomic E-state index is 11.4. The molecular weight excluding hydrogens is 206 g/mol. The number of rotatable bonds is 5. The summed E-state index contributed by atoms with van der Waals surface area (Å²) in [6.45, 7) is 0.463. The number of anilines is 1. The van der Waals surface area contributed by atoms with Crippen LogP contribution in [-0.4, -0.2) is 18.4 Å². The second kappa shape index (κ2) is 5.87. The van der Waals surface area contributed by atoms with Gasteiger partial charge in [-0.25, -0.2) is 0 Å². The molecular formula is C11H15N3O2. The van der Waals surface area contributed by atoms with Crippen molar-refractivity contribution < 1.29 is 9.59 Å². The third-order valence-corrected chi connectivity index (χ3v) is 2.07. The van der Waals surface area contributed by atoms with Crippen LogP contribution in [0.15, 0.2) is 24.3 Å². The molecule has 0 atom stereocenters. The maximum absolute atomic E-state index is 11.4. The predicted molar refractivity (Wildman–Crippen MR) is 61.9 cm³/mol. The fourth-order valence-corrected chi connectivity index (χ4v) is 1.28. The first kappa shape index (κ1) is 12.2. The summed E-state index contributed by atoms with van der Waals surface area (Å²) in [5.41, 5.74) is 11.2. The average Bonchev–Trinajstić information content (AvgIpc) is 2.27. The van der Waals surface area contributed by atoms with Gasteiger partial charge < -0.3 is 16.8 Å². The number of carbonyl (C=O) groups is 2. The number of benzene rings is 1. The van der Waals surface area contributed by atoms with E-state index in [1.165, 1.54) is 0 Å². The zero-order valence-electron chi connectivity index (χ0n) is 8.90. The number of hydrogen-bond acceptors (Lipinski definition) is 3. The highest BCUT2D eigenvalue weighted by Crippen LogP contribution is 2.14. The SMILES string of the molecule is NCCCC(=O)Nc1ccccc1C(N)=O. The zero-order valence-corrected chi connectivity index (χ0v) is 8.90. The summed E-state index contributed by atoms with van der Waals surface area (Å²) in [6.07, 6.45) is 0.953. The Kier molecular flexibility index (Phi) is 4.47. The van der Waals surface area contributed by atoms with Crippen molar-refractivity contribution in [2.45, 2.75) is 12.8 Å². The molecule has 1 aromatic rings. The van der Waals surface area contributed by atoms with Gasteiger partial charge in [0.2, 0.25) is 5.91 Å². The molecule has 0 aliphatic heterocycles. The highest BCUT2D eigenvalue weighted by atomic mass is 16.2. The Morgan fingerprint density at radius 2 is 1.94 bits per heavy atom. The van der Waals surface area contributed by atoms with Crippen LogP contribution in [0.5, 0.6) is 0 Å². The fourth-order valence-electron chi connectivity index (χ4n) is 1.28. The van der Waals surface area contributed by atoms with E-state index in [0.717, 1.165) is 0 Å². The molecule has 0 radical (unpaired) electrons. The van der Waals surface area contributed by atoms with Crippen molar-refractivity contribution in [1.29, 1.82) is 0 Å². The van der Waals surface area contributed by atoms with Gasteiger partial charge in [-0.15, -0.1) is 0 Å². The van der Waals surface area contributed by atoms with Crippen LogP contribution in [0, 0.1) is 0 Å². The molecule has 0 unspecified atom stereocenters. The third kappa shape index (κ3) is 3.36. The fraction of sp³-hybridized carbons (Fsp3) is 0.273. The van der Waals surface area contributed by atoms with Gasteiger partial charge >= 0.3 is 0 Å². The molecule has 86 valence electrons. The summed E-state index contributed by atoms with van der Waals surface area (Å²) < 4.78 is 0. The van der Waals surface area contributed by atoms with Crippen molar-refractivity contribution in [3.63, 3.8) is 0 Å². The van der Waals surface area contributed by atoms with Gasteiger partial charge in [0, 0.05) is 6.42 Å². The van der Waals surface area contributed by atoms with Crippen LogP contribution < -0.4 is 16.8 Å². The molecule has 1 aromatic carbocycles. The van der Waals surface area contributed by atoms with E-state index < -0.39 is 5.91 Å². The number of carbonyl (C=O) groups excluding carboxylic acids is 2. The lowest BCUT2D eigenvalue weighted by Crippen LogP contribution is -2.18. The summed E-state index contributed by atoms with van der Waals surface area (Å²) in [5.74, 6) is -0.728. The third-order valence-electron chi connectivity index (χ3n) is 2.07. The van der Waals surface area contributed by atoms with Crippen molar-refractivity contribution in [1.82, 2.24) is 0 Å². The van der Waals surface area contributed by atoms with Gasteiger partial charge in [-0.05, 0) is 25.1 Å². The Labute approximate surface area is 93.8 Å². The molecule has 5 N–H and O–H groups in total. The van der Waals surface area contributed by atoms with Crippen molar-refractivity contribution >= 4 is 17.5 Å². The van der Waals surface area contributed by atoms with Crippen molar-refractivity contribution in [3.05, 3.63) is 29.8 Å². The highest BCUT2D eigenvalue weighted by Gasteiger charge is 2.09. The molecule has 2 amide bonds. The second-order valence-corrected chi connectivity index (χ2v) is 3.35. The van der Waals surface area contributed by atoms with Gasteiger partial charge in [-0.2, -0.15) is 0 Å². The minimum atomic E-state index is -0.560. The van der Waals surface area contributed by atoms with E-state index in [1.54, 1.807) is 24.3 Å². The average molecular weight is 221 g/mol. The Morgan fingerprint density at radius 1 is 1.25 bits per heavy atom. The summed E-state index contributed by atoms with van der Waals surface area (Å²) in [4.78, 5) is 22.5. The van der Waals surface area contributed by atoms with E-state index in [1.807, 2.05) is 0 Å². The largest absolute Gasteiger partial charge is 0.366 e. The van der Waals surface area contributed by atoms with Crippen molar-refractivity contribution in [3.8, 4) is 0 Å². The normalized spacial score (nSPS) is 9.81. The van der Waals surface area contributed by atoms with Crippen molar-refractivity contribution in [2.24, 2.45) is 11.5 Å². The van der Waals surface area contributed by atoms with Gasteiger partial charge in [0.15, 0.2) is 0 Å². The highest BCUT2D eigenvalue weighted by molar-refractivity contribution is 6.02. The molecule has 0 aliphatic rings. The van der Waals surface area contributed by atoms with Gasteiger partial charge in [0.1, 0.15) is 0 Å². The van der Waals surface area contributed by atoms with E-state index in [4.69, 9.17) is 11.5 Å². The van der Waals surface area contributed by atoms with Crippen LogP contribution in [0.1, 0.15) is 23.2 Å². The molecule has 16 heavy (non-hydrogen) atoms. The predicted octanol–water partition coefficient (Wildman–Crippen LogP) is 0.463. The summed E-state index contributed by atoms with van der Waals surface area (Å²) in [5, 5.41) is 2.63. The number of para-hydroxylation sites is 1. The topological polar surface area (TPSA) is 98.2 Å². The Balaban J connectivity index is 2.73. The Hall–Kier alpha value is -1.88. The second-order valence-electron chi connectivity index (χ2n) is 3.35. The Bertz CT molecular complexity index is 391. The van der Waals surface area contributed by atoms with Gasteiger partial charge in [-0.1, -0.05) is 12.1 Å². The van der Waals surface area contributed by atoms with E-state index in [0.29, 0.717) is 30.6 Å². The van der Waals surface area contributed by atoms with E-state index in [-0.39, 0.29) is 5.91 Å². The quantitative estimate of drug-likeness (QED) is 0.673. The minimum absolute atomic E-state index is 0.167. The lowest BCUT2D eigenvalue weighted by Gasteiger charge is -2.08. The van der Waals surface area contributed by atoms with Crippen LogP contribution >= 0.6 is 0 Å². The summed E-state index contributed by atoms with van der Waals surface area (Å²) in [6, 6.07) is 6.63. The van der Waals surface area contributed by atoms with Crippen LogP contribution in [-0.2, 0) is 4.79 Å². The first-order chi connectivity index (χ1) is 7.65. The van der Waals surface area contributed by atoms with Gasteiger partial charge in [-0.3, -0.25) is 9.59 Å². The first-order valence-corrected chi connectivity index (χ1v) is 5.04. The standard InChI is InChI=1S/C11H15N3O2/c12-7-3-6-10(15)14-9-5-2-1-4-8(9)11(13)16/h1-2,4-5H,3,6-7,12H2,(H2,13,16)(H,14,15). The number of amides is 2. The van der Waals surface area contributed by atoms with Crippen LogP contribution in [0.4, 0.5) is 5.69 Å². The molecule has 0 saturated carbocycles. The minimum Gasteiger partial charge on any atom is -0.366 e. The Morgan fingerprint density at radius 3 is 2.56 bits per heavy atom. The number of nitrogens with one attached hydrogen (secondary N) is 1. The first-order valence-electron chi connectivity index (χ1n) is 5.04. The maximum Gasteiger partial charge on any atom is 0.250 e. The van der Waals surface area contributed by atoms with E-state index >= 15 is 0 Å². The molecule has 0 bridgehead atoms.